The van der Waals surface area contributed by atoms with Crippen LogP contribution in [-0.2, 0) is 0 Å². The topological polar surface area (TPSA) is 0 Å². The average molecular weight is 491 g/mol. The van der Waals surface area contributed by atoms with Crippen molar-refractivity contribution >= 4 is 15.4 Å². The number of benzene rings is 3. The molecule has 3 radical (unpaired) electrons. The lowest BCUT2D eigenvalue weighted by Crippen LogP contribution is -2.20. The summed E-state index contributed by atoms with van der Waals surface area (Å²) in [7, 11) is 2.13. The Morgan fingerprint density at radius 1 is 0.250 bits per heavy atom. The van der Waals surface area contributed by atoms with Crippen molar-refractivity contribution in [1.29, 1.82) is 0 Å². The van der Waals surface area contributed by atoms with Gasteiger partial charge in [0.05, 0.1) is 32.5 Å². The SMILES string of the molecule is Fc1c(F)c(F)c(-c2c(F)c(F)c(F)c(-c3c(F)c(F)c([Si])c(F)c3F)c2F)c(F)c1F. The van der Waals surface area contributed by atoms with E-state index in [0.29, 0.717) is 0 Å². The van der Waals surface area contributed by atoms with Crippen LogP contribution in [0.4, 0.5) is 57.1 Å². The van der Waals surface area contributed by atoms with Crippen LogP contribution in [0.25, 0.3) is 22.3 Å². The molecule has 0 atom stereocenters. The van der Waals surface area contributed by atoms with E-state index in [-0.39, 0.29) is 0 Å². The van der Waals surface area contributed by atoms with E-state index in [1.54, 1.807) is 0 Å². The first-order chi connectivity index (χ1) is 14.7. The summed E-state index contributed by atoms with van der Waals surface area (Å²) in [4.78, 5) is 0. The van der Waals surface area contributed by atoms with Crippen molar-refractivity contribution in [3.05, 3.63) is 75.6 Å². The van der Waals surface area contributed by atoms with Crippen LogP contribution in [0.15, 0.2) is 0 Å². The molecule has 0 saturated heterocycles. The van der Waals surface area contributed by atoms with E-state index in [9.17, 15) is 57.1 Å². The fourth-order valence-corrected chi connectivity index (χ4v) is 2.97. The summed E-state index contributed by atoms with van der Waals surface area (Å²) in [6.07, 6.45) is 0. The molecule has 0 saturated carbocycles. The maximum absolute atomic E-state index is 14.9. The van der Waals surface area contributed by atoms with Crippen molar-refractivity contribution < 1.29 is 57.1 Å². The van der Waals surface area contributed by atoms with E-state index in [0.717, 1.165) is 0 Å². The molecule has 0 aliphatic rings. The lowest BCUT2D eigenvalue weighted by molar-refractivity contribution is 0.379. The molecule has 167 valence electrons. The number of rotatable bonds is 2. The Morgan fingerprint density at radius 2 is 0.438 bits per heavy atom. The lowest BCUT2D eigenvalue weighted by atomic mass is 9.94. The molecule has 3 aromatic rings. The Bertz CT molecular complexity index is 1160. The molecule has 0 fully saturated rings. The van der Waals surface area contributed by atoms with Gasteiger partial charge >= 0.3 is 0 Å². The molecule has 14 heteroatoms. The summed E-state index contributed by atoms with van der Waals surface area (Å²) in [6.45, 7) is 0. The van der Waals surface area contributed by atoms with Gasteiger partial charge in [0.25, 0.3) is 0 Å². The Hall–Kier alpha value is -3.03. The van der Waals surface area contributed by atoms with Crippen molar-refractivity contribution in [3.63, 3.8) is 0 Å². The highest BCUT2D eigenvalue weighted by atomic mass is 28.1. The summed E-state index contributed by atoms with van der Waals surface area (Å²) in [6, 6.07) is 0. The zero-order chi connectivity index (χ0) is 24.4. The van der Waals surface area contributed by atoms with Gasteiger partial charge in [-0.15, -0.1) is 0 Å². The Balaban J connectivity index is 2.59. The third-order valence-electron chi connectivity index (χ3n) is 4.24. The quantitative estimate of drug-likeness (QED) is 0.189. The molecule has 0 aliphatic heterocycles. The maximum Gasteiger partial charge on any atom is 0.200 e. The molecule has 0 spiro atoms. The summed E-state index contributed by atoms with van der Waals surface area (Å²) < 4.78 is 181. The summed E-state index contributed by atoms with van der Waals surface area (Å²) in [5, 5.41) is -1.52. The number of halogens is 13. The third kappa shape index (κ3) is 3.07. The first-order valence-corrected chi connectivity index (χ1v) is 8.21. The smallest absolute Gasteiger partial charge is 0.200 e. The van der Waals surface area contributed by atoms with Gasteiger partial charge < -0.3 is 0 Å². The molecule has 0 bridgehead atoms. The normalized spacial score (nSPS) is 11.4. The minimum atomic E-state index is -2.91. The van der Waals surface area contributed by atoms with Crippen LogP contribution < -0.4 is 5.19 Å². The van der Waals surface area contributed by atoms with Crippen LogP contribution in [-0.4, -0.2) is 10.2 Å². The Kier molecular flexibility index (Phi) is 5.78. The molecular weight excluding hydrogens is 491 g/mol. The molecule has 0 heterocycles. The second kappa shape index (κ2) is 7.83. The minimum Gasteiger partial charge on any atom is -0.205 e. The molecule has 3 aromatic carbocycles. The predicted octanol–water partition coefficient (Wildman–Crippen LogP) is 5.62. The first-order valence-electron chi connectivity index (χ1n) is 7.71. The predicted molar refractivity (Wildman–Crippen MR) is 82.2 cm³/mol. The van der Waals surface area contributed by atoms with Crippen LogP contribution in [0.1, 0.15) is 0 Å². The molecule has 0 aliphatic carbocycles. The van der Waals surface area contributed by atoms with Gasteiger partial charge in [0.1, 0.15) is 5.82 Å². The lowest BCUT2D eigenvalue weighted by Gasteiger charge is -2.16. The highest BCUT2D eigenvalue weighted by Crippen LogP contribution is 2.42. The van der Waals surface area contributed by atoms with Crippen LogP contribution in [0.2, 0.25) is 0 Å². The zero-order valence-corrected chi connectivity index (χ0v) is 15.4. The van der Waals surface area contributed by atoms with Crippen molar-refractivity contribution in [2.45, 2.75) is 0 Å². The third-order valence-corrected chi connectivity index (χ3v) is 4.68. The molecule has 3 rings (SSSR count). The van der Waals surface area contributed by atoms with E-state index in [1.807, 2.05) is 0 Å². The maximum atomic E-state index is 14.9. The van der Waals surface area contributed by atoms with Gasteiger partial charge in [-0.2, -0.15) is 0 Å². The van der Waals surface area contributed by atoms with Gasteiger partial charge in [-0.3, -0.25) is 0 Å². The average Bonchev–Trinajstić information content (AvgIpc) is 2.76. The van der Waals surface area contributed by atoms with Crippen molar-refractivity contribution in [1.82, 2.24) is 0 Å². The largest absolute Gasteiger partial charge is 0.205 e. The fraction of sp³-hybridized carbons (Fsp3) is 0. The molecule has 0 N–H and O–H groups in total. The molecule has 0 unspecified atom stereocenters. The van der Waals surface area contributed by atoms with Crippen LogP contribution in [0.5, 0.6) is 0 Å². The summed E-state index contributed by atoms with van der Waals surface area (Å²) in [5.41, 5.74) is -9.73. The van der Waals surface area contributed by atoms with Crippen molar-refractivity contribution in [2.24, 2.45) is 0 Å². The molecule has 0 nitrogen and oxygen atoms in total. The van der Waals surface area contributed by atoms with Gasteiger partial charge in [-0.25, -0.2) is 57.1 Å². The van der Waals surface area contributed by atoms with Crippen LogP contribution >= 0.6 is 0 Å². The van der Waals surface area contributed by atoms with E-state index in [4.69, 9.17) is 0 Å². The number of hydrogen-bond acceptors (Lipinski definition) is 0. The Labute approximate surface area is 171 Å². The zero-order valence-electron chi connectivity index (χ0n) is 14.4. The molecule has 32 heavy (non-hydrogen) atoms. The second-order valence-electron chi connectivity index (χ2n) is 5.96. The van der Waals surface area contributed by atoms with Gasteiger partial charge in [0.2, 0.25) is 5.82 Å². The van der Waals surface area contributed by atoms with E-state index < -0.39 is 103 Å². The molecular formula is C18F13Si. The molecule has 0 amide bonds. The highest BCUT2D eigenvalue weighted by Gasteiger charge is 2.37. The van der Waals surface area contributed by atoms with Crippen LogP contribution in [0.3, 0.4) is 0 Å². The highest BCUT2D eigenvalue weighted by molar-refractivity contribution is 6.32. The molecule has 0 aromatic heterocycles. The standard InChI is InChI=1S/C18F13Si/c19-5-1(3-8(22)13(27)15(29)14(28)9(3)23)6(20)12(26)7(21)2(5)4-10(24)16(30)18(32)17(31)11(4)25. The Morgan fingerprint density at radius 3 is 0.750 bits per heavy atom. The van der Waals surface area contributed by atoms with E-state index in [1.165, 1.54) is 0 Å². The van der Waals surface area contributed by atoms with Crippen LogP contribution in [0, 0.1) is 75.6 Å². The van der Waals surface area contributed by atoms with Gasteiger partial charge in [0.15, 0.2) is 64.0 Å². The number of hydrogen-bond donors (Lipinski definition) is 0. The monoisotopic (exact) mass is 491 g/mol. The van der Waals surface area contributed by atoms with Gasteiger partial charge in [-0.05, 0) is 0 Å². The van der Waals surface area contributed by atoms with Gasteiger partial charge in [-0.1, -0.05) is 0 Å². The van der Waals surface area contributed by atoms with E-state index >= 15 is 0 Å². The summed E-state index contributed by atoms with van der Waals surface area (Å²) >= 11 is 0. The minimum absolute atomic E-state index is 1.52. The van der Waals surface area contributed by atoms with E-state index in [2.05, 4.69) is 10.2 Å². The fourth-order valence-electron chi connectivity index (χ4n) is 2.75. The van der Waals surface area contributed by atoms with Crippen molar-refractivity contribution in [2.75, 3.05) is 0 Å². The first kappa shape index (κ1) is 23.6. The van der Waals surface area contributed by atoms with Crippen molar-refractivity contribution in [3.8, 4) is 22.3 Å². The second-order valence-corrected chi connectivity index (χ2v) is 6.46. The summed E-state index contributed by atoms with van der Waals surface area (Å²) in [5.74, 6) is -35.4. The van der Waals surface area contributed by atoms with Gasteiger partial charge in [0, 0.05) is 5.19 Å².